The van der Waals surface area contributed by atoms with Gasteiger partial charge < -0.3 is 14.6 Å². The molecule has 11 heteroatoms. The molecular weight excluding hydrogens is 654 g/mol. The van der Waals surface area contributed by atoms with Crippen LogP contribution in [-0.2, 0) is 21.9 Å². The van der Waals surface area contributed by atoms with Gasteiger partial charge in [0.25, 0.3) is 5.78 Å². The van der Waals surface area contributed by atoms with E-state index in [9.17, 15) is 14.7 Å². The van der Waals surface area contributed by atoms with Crippen LogP contribution >= 0.6 is 34.7 Å². The lowest BCUT2D eigenvalue weighted by atomic mass is 9.95. The molecule has 1 N–H and O–H groups in total. The fourth-order valence-corrected chi connectivity index (χ4v) is 6.95. The monoisotopic (exact) mass is 683 g/mol. The average molecular weight is 684 g/mol. The van der Waals surface area contributed by atoms with E-state index in [0.29, 0.717) is 51.0 Å². The van der Waals surface area contributed by atoms with Crippen LogP contribution in [0.15, 0.2) is 113 Å². The van der Waals surface area contributed by atoms with E-state index in [1.807, 2.05) is 61.5 Å². The first-order chi connectivity index (χ1) is 22.9. The molecule has 1 amide bonds. The number of nitrogens with zero attached hydrogens (tertiary/aromatic N) is 3. The summed E-state index contributed by atoms with van der Waals surface area (Å²) in [4.78, 5) is 28.6. The van der Waals surface area contributed by atoms with Crippen molar-refractivity contribution in [2.24, 2.45) is 0 Å². The van der Waals surface area contributed by atoms with E-state index in [2.05, 4.69) is 10.2 Å². The number of carbonyl (C=O) groups excluding carboxylic acids is 2. The Morgan fingerprint density at radius 3 is 2.26 bits per heavy atom. The molecule has 8 nitrogen and oxygen atoms in total. The third kappa shape index (κ3) is 7.51. The van der Waals surface area contributed by atoms with E-state index in [1.165, 1.54) is 28.0 Å². The summed E-state index contributed by atoms with van der Waals surface area (Å²) in [5.41, 5.74) is 3.03. The quantitative estimate of drug-likeness (QED) is 0.0459. The molecule has 0 radical (unpaired) electrons. The van der Waals surface area contributed by atoms with Crippen LogP contribution in [0.5, 0.6) is 11.5 Å². The standard InChI is InChI=1S/C36H30ClN3O5S2/c1-2-20-44-28-18-12-26(13-19-28)32(41)30-31(25-10-16-29(17-11-25)45-21-23-6-4-3-5-7-23)40(34(43)33(30)42)35-38-39-36(47-35)46-22-24-8-14-27(37)15-9-24/h3-19,31,41H,2,20-22H2,1H3/b32-30-. The Morgan fingerprint density at radius 1 is 0.872 bits per heavy atom. The van der Waals surface area contributed by atoms with Crippen molar-refractivity contribution in [3.8, 4) is 11.5 Å². The van der Waals surface area contributed by atoms with Crippen molar-refractivity contribution in [3.05, 3.63) is 136 Å². The predicted molar refractivity (Wildman–Crippen MR) is 185 cm³/mol. The molecule has 6 rings (SSSR count). The Labute approximate surface area is 285 Å². The number of rotatable bonds is 12. The highest BCUT2D eigenvalue weighted by atomic mass is 35.5. The maximum Gasteiger partial charge on any atom is 0.301 e. The van der Waals surface area contributed by atoms with Gasteiger partial charge in [-0.05, 0) is 71.6 Å². The molecular formula is C36H30ClN3O5S2. The first-order valence-electron chi connectivity index (χ1n) is 14.9. The number of Topliss-reactive ketones (excluding diaryl/α,β-unsaturated/α-hetero) is 1. The Balaban J connectivity index is 1.32. The number of aliphatic hydroxyl groups is 1. The fourth-order valence-electron chi connectivity index (χ4n) is 5.00. The summed E-state index contributed by atoms with van der Waals surface area (Å²) in [7, 11) is 0. The first kappa shape index (κ1) is 32.3. The van der Waals surface area contributed by atoms with E-state index >= 15 is 0 Å². The van der Waals surface area contributed by atoms with Crippen molar-refractivity contribution in [1.29, 1.82) is 0 Å². The number of amides is 1. The summed E-state index contributed by atoms with van der Waals surface area (Å²) in [6, 6.07) is 30.3. The van der Waals surface area contributed by atoms with Gasteiger partial charge in [-0.3, -0.25) is 14.5 Å². The van der Waals surface area contributed by atoms with Crippen molar-refractivity contribution >= 4 is 57.3 Å². The smallest absolute Gasteiger partial charge is 0.301 e. The molecule has 47 heavy (non-hydrogen) atoms. The number of aromatic nitrogens is 2. The number of carbonyl (C=O) groups is 2. The molecule has 1 atom stereocenters. The second-order valence-electron chi connectivity index (χ2n) is 10.7. The molecule has 1 aliphatic heterocycles. The summed E-state index contributed by atoms with van der Waals surface area (Å²) in [5.74, 6) is -0.0126. The van der Waals surface area contributed by atoms with Gasteiger partial charge in [-0.15, -0.1) is 10.2 Å². The third-order valence-corrected chi connectivity index (χ3v) is 9.75. The highest BCUT2D eigenvalue weighted by Gasteiger charge is 2.48. The van der Waals surface area contributed by atoms with Crippen LogP contribution in [-0.4, -0.2) is 33.6 Å². The van der Waals surface area contributed by atoms with E-state index in [0.717, 1.165) is 17.5 Å². The van der Waals surface area contributed by atoms with Gasteiger partial charge in [0.1, 0.15) is 23.9 Å². The van der Waals surface area contributed by atoms with E-state index in [1.54, 1.807) is 48.5 Å². The zero-order chi connectivity index (χ0) is 32.8. The van der Waals surface area contributed by atoms with Gasteiger partial charge in [0, 0.05) is 16.3 Å². The highest BCUT2D eigenvalue weighted by Crippen LogP contribution is 2.44. The summed E-state index contributed by atoms with van der Waals surface area (Å²) >= 11 is 8.69. The summed E-state index contributed by atoms with van der Waals surface area (Å²) in [6.07, 6.45) is 0.855. The zero-order valence-electron chi connectivity index (χ0n) is 25.3. The maximum atomic E-state index is 13.7. The molecule has 1 saturated heterocycles. The number of thioether (sulfide) groups is 1. The van der Waals surface area contributed by atoms with Crippen LogP contribution in [0.4, 0.5) is 5.13 Å². The van der Waals surface area contributed by atoms with Crippen molar-refractivity contribution in [1.82, 2.24) is 10.2 Å². The largest absolute Gasteiger partial charge is 0.507 e. The van der Waals surface area contributed by atoms with Crippen molar-refractivity contribution in [2.45, 2.75) is 36.1 Å². The molecule has 0 bridgehead atoms. The van der Waals surface area contributed by atoms with E-state index < -0.39 is 17.7 Å². The molecule has 1 unspecified atom stereocenters. The van der Waals surface area contributed by atoms with Gasteiger partial charge in [0.2, 0.25) is 5.13 Å². The van der Waals surface area contributed by atoms with E-state index in [-0.39, 0.29) is 16.5 Å². The van der Waals surface area contributed by atoms with Crippen LogP contribution in [0.3, 0.4) is 0 Å². The van der Waals surface area contributed by atoms with Gasteiger partial charge in [0.05, 0.1) is 18.2 Å². The molecule has 1 aliphatic rings. The maximum absolute atomic E-state index is 13.7. The number of benzene rings is 4. The normalized spacial score (nSPS) is 15.6. The highest BCUT2D eigenvalue weighted by molar-refractivity contribution is 8.00. The van der Waals surface area contributed by atoms with Crippen molar-refractivity contribution < 1.29 is 24.2 Å². The van der Waals surface area contributed by atoms with Gasteiger partial charge in [-0.2, -0.15) is 0 Å². The lowest BCUT2D eigenvalue weighted by molar-refractivity contribution is -0.132. The lowest BCUT2D eigenvalue weighted by Crippen LogP contribution is -2.29. The molecule has 1 fully saturated rings. The third-order valence-electron chi connectivity index (χ3n) is 7.37. The minimum atomic E-state index is -0.948. The first-order valence-corrected chi connectivity index (χ1v) is 17.1. The Hall–Kier alpha value is -4.64. The molecule has 238 valence electrons. The molecule has 0 saturated carbocycles. The van der Waals surface area contributed by atoms with Gasteiger partial charge in [-0.25, -0.2) is 0 Å². The van der Waals surface area contributed by atoms with E-state index in [4.69, 9.17) is 21.1 Å². The number of ketones is 1. The number of anilines is 1. The minimum absolute atomic E-state index is 0.0410. The number of hydrogen-bond donors (Lipinski definition) is 1. The number of halogens is 1. The number of aliphatic hydroxyl groups excluding tert-OH is 1. The second kappa shape index (κ2) is 14.8. The predicted octanol–water partition coefficient (Wildman–Crippen LogP) is 8.48. The molecule has 4 aromatic carbocycles. The number of hydrogen-bond acceptors (Lipinski definition) is 9. The zero-order valence-corrected chi connectivity index (χ0v) is 27.7. The molecule has 0 aliphatic carbocycles. The van der Waals surface area contributed by atoms with Crippen molar-refractivity contribution in [2.75, 3.05) is 11.5 Å². The number of ether oxygens (including phenoxy) is 2. The van der Waals surface area contributed by atoms with Gasteiger partial charge in [0.15, 0.2) is 4.34 Å². The Kier molecular flexibility index (Phi) is 10.2. The van der Waals surface area contributed by atoms with Crippen LogP contribution in [0, 0.1) is 0 Å². The second-order valence-corrected chi connectivity index (χ2v) is 13.3. The fraction of sp³-hybridized carbons (Fsp3) is 0.167. The molecule has 2 heterocycles. The van der Waals surface area contributed by atoms with Crippen LogP contribution in [0.25, 0.3) is 5.76 Å². The van der Waals surface area contributed by atoms with Crippen molar-refractivity contribution in [3.63, 3.8) is 0 Å². The summed E-state index contributed by atoms with van der Waals surface area (Å²) < 4.78 is 12.3. The molecule has 1 aromatic heterocycles. The lowest BCUT2D eigenvalue weighted by Gasteiger charge is -2.22. The minimum Gasteiger partial charge on any atom is -0.507 e. The van der Waals surface area contributed by atoms with Crippen LogP contribution < -0.4 is 14.4 Å². The molecule has 5 aromatic rings. The summed E-state index contributed by atoms with van der Waals surface area (Å²) in [6.45, 7) is 2.96. The Bertz CT molecular complexity index is 1880. The average Bonchev–Trinajstić information content (AvgIpc) is 3.68. The van der Waals surface area contributed by atoms with Gasteiger partial charge >= 0.3 is 5.91 Å². The van der Waals surface area contributed by atoms with Gasteiger partial charge in [-0.1, -0.05) is 96.2 Å². The van der Waals surface area contributed by atoms with Crippen LogP contribution in [0.1, 0.15) is 41.6 Å². The SMILES string of the molecule is CCCOc1ccc(/C(O)=C2/C(=O)C(=O)N(c3nnc(SCc4ccc(Cl)cc4)s3)C2c2ccc(OCc3ccccc3)cc2)cc1. The summed E-state index contributed by atoms with van der Waals surface area (Å²) in [5, 5.41) is 21.1. The Morgan fingerprint density at radius 2 is 1.55 bits per heavy atom. The van der Waals surface area contributed by atoms with Crippen LogP contribution in [0.2, 0.25) is 5.02 Å². The topological polar surface area (TPSA) is 102 Å². The molecule has 0 spiro atoms.